The van der Waals surface area contributed by atoms with Crippen LogP contribution in [0.1, 0.15) is 213 Å². The van der Waals surface area contributed by atoms with Crippen molar-refractivity contribution in [3.05, 3.63) is 60.3 Å². The first-order chi connectivity index (χ1) is 47.5. The van der Waals surface area contributed by atoms with Crippen molar-refractivity contribution < 1.29 is 114 Å². The Labute approximate surface area is 594 Å². The number of carbonyl (C=O) groups is 10. The van der Waals surface area contributed by atoms with E-state index in [1.165, 1.54) is 64.3 Å². The lowest BCUT2D eigenvalue weighted by Crippen LogP contribution is -2.63. The van der Waals surface area contributed by atoms with E-state index in [-0.39, 0.29) is 91.5 Å². The van der Waals surface area contributed by atoms with Crippen LogP contribution in [0.3, 0.4) is 0 Å². The summed E-state index contributed by atoms with van der Waals surface area (Å²) in [5.74, 6) is -4.24. The van der Waals surface area contributed by atoms with E-state index in [4.69, 9.17) is 66.3 Å². The third-order valence-corrected chi connectivity index (χ3v) is 22.9. The van der Waals surface area contributed by atoms with Crippen molar-refractivity contribution in [3.63, 3.8) is 0 Å². The predicted molar refractivity (Wildman–Crippen MR) is 363 cm³/mol. The molecule has 8 aliphatic rings. The van der Waals surface area contributed by atoms with E-state index in [9.17, 15) is 47.9 Å². The molecule has 0 aromatic carbocycles. The van der Waals surface area contributed by atoms with E-state index in [1.54, 1.807) is 26.8 Å². The average Bonchev–Trinajstić information content (AvgIpc) is 1.55. The minimum Gasteiger partial charge on any atom is -0.463 e. The number of allylic oxidation sites excluding steroid dienone is 3. The molecule has 4 saturated heterocycles. The van der Waals surface area contributed by atoms with Crippen LogP contribution in [0.4, 0.5) is 0 Å². The van der Waals surface area contributed by atoms with Gasteiger partial charge in [-0.1, -0.05) is 63.6 Å². The molecule has 4 aliphatic carbocycles. The van der Waals surface area contributed by atoms with Crippen molar-refractivity contribution in [1.82, 2.24) is 0 Å². The van der Waals surface area contributed by atoms with Crippen molar-refractivity contribution in [3.8, 4) is 0 Å². The summed E-state index contributed by atoms with van der Waals surface area (Å²) >= 11 is 0. The lowest BCUT2D eigenvalue weighted by atomic mass is 9.47. The van der Waals surface area contributed by atoms with Gasteiger partial charge in [0.05, 0.1) is 42.9 Å². The molecule has 4 aliphatic heterocycles. The minimum absolute atomic E-state index is 0.0295. The Balaban J connectivity index is 0.926. The van der Waals surface area contributed by atoms with E-state index in [0.29, 0.717) is 47.5 Å². The summed E-state index contributed by atoms with van der Waals surface area (Å²) in [7, 11) is 0. The molecule has 23 atom stereocenters. The Bertz CT molecular complexity index is 3190. The number of carbonyl (C=O) groups excluding carboxylic acids is 10. The topological polar surface area (TPSA) is 300 Å². The second-order valence-corrected chi connectivity index (χ2v) is 30.6. The van der Waals surface area contributed by atoms with Gasteiger partial charge < -0.3 is 75.9 Å². The molecule has 0 unspecified atom stereocenters. The van der Waals surface area contributed by atoms with Crippen LogP contribution in [0, 0.1) is 46.3 Å². The van der Waals surface area contributed by atoms with Gasteiger partial charge in [-0.15, -0.1) is 13.2 Å². The Kier molecular flexibility index (Phi) is 26.7. The molecule has 7 fully saturated rings. The number of Topliss-reactive ketones (excluding diaryl/α,β-unsaturated/α-hetero) is 2. The van der Waals surface area contributed by atoms with Gasteiger partial charge in [-0.2, -0.15) is 0 Å². The normalized spacial score (nSPS) is 36.3. The third kappa shape index (κ3) is 19.1. The molecule has 8 rings (SSSR count). The van der Waals surface area contributed by atoms with Gasteiger partial charge in [0.2, 0.25) is 0 Å². The minimum atomic E-state index is -1.64. The molecule has 4 heterocycles. The van der Waals surface area contributed by atoms with Crippen LogP contribution in [-0.2, 0) is 114 Å². The summed E-state index contributed by atoms with van der Waals surface area (Å²) in [6, 6.07) is 0. The molecule has 0 aromatic rings. The van der Waals surface area contributed by atoms with Crippen LogP contribution in [-0.4, -0.2) is 163 Å². The molecule has 0 aromatic heterocycles. The largest absolute Gasteiger partial charge is 0.463 e. The van der Waals surface area contributed by atoms with Crippen LogP contribution >= 0.6 is 0 Å². The Morgan fingerprint density at radius 2 is 1.13 bits per heavy atom. The highest BCUT2D eigenvalue weighted by atomic mass is 16.8. The van der Waals surface area contributed by atoms with Crippen LogP contribution < -0.4 is 0 Å². The molecule has 0 N–H and O–H groups in total. The summed E-state index contributed by atoms with van der Waals surface area (Å²) in [6.07, 6.45) is 2.41. The molecule has 0 amide bonds. The van der Waals surface area contributed by atoms with Gasteiger partial charge in [0, 0.05) is 70.4 Å². The van der Waals surface area contributed by atoms with Crippen LogP contribution in [0.5, 0.6) is 0 Å². The lowest BCUT2D eigenvalue weighted by Gasteiger charge is -2.58. The molecule has 24 nitrogen and oxygen atoms in total. The second kappa shape index (κ2) is 33.6. The highest BCUT2D eigenvalue weighted by Crippen LogP contribution is 2.71. The number of hydrogen-bond acceptors (Lipinski definition) is 24. The summed E-state index contributed by atoms with van der Waals surface area (Å²) in [5.41, 5.74) is -0.570. The lowest BCUT2D eigenvalue weighted by molar-refractivity contribution is -0.324. The summed E-state index contributed by atoms with van der Waals surface area (Å²) in [5, 5.41) is 0. The first-order valence-electron chi connectivity index (χ1n) is 36.2. The fraction of sp³-hybridized carbons (Fsp3) is 0.740. The fourth-order valence-electron chi connectivity index (χ4n) is 17.2. The Morgan fingerprint density at radius 1 is 0.594 bits per heavy atom. The van der Waals surface area contributed by atoms with Gasteiger partial charge >= 0.3 is 47.8 Å². The first kappa shape index (κ1) is 80.2. The Hall–Kier alpha value is -6.44. The Morgan fingerprint density at radius 3 is 1.67 bits per heavy atom. The zero-order chi connectivity index (χ0) is 74.3. The zero-order valence-corrected chi connectivity index (χ0v) is 61.9. The van der Waals surface area contributed by atoms with Crippen molar-refractivity contribution in [2.75, 3.05) is 13.2 Å². The van der Waals surface area contributed by atoms with Crippen molar-refractivity contribution in [2.24, 2.45) is 46.3 Å². The predicted octanol–water partition coefficient (Wildman–Crippen LogP) is 10.9. The van der Waals surface area contributed by atoms with Crippen molar-refractivity contribution in [2.45, 2.75) is 304 Å². The smallest absolute Gasteiger partial charge is 0.333 e. The number of rotatable bonds is 29. The molecule has 0 bridgehead atoms. The van der Waals surface area contributed by atoms with E-state index in [2.05, 4.69) is 46.9 Å². The van der Waals surface area contributed by atoms with Gasteiger partial charge in [0.1, 0.15) is 30.4 Å². The molecule has 0 radical (unpaired) electrons. The van der Waals surface area contributed by atoms with E-state index >= 15 is 0 Å². The fourth-order valence-corrected chi connectivity index (χ4v) is 17.2. The third-order valence-electron chi connectivity index (χ3n) is 22.9. The number of esters is 8. The van der Waals surface area contributed by atoms with Gasteiger partial charge in [-0.25, -0.2) is 9.59 Å². The molecule has 101 heavy (non-hydrogen) atoms. The molecule has 3 saturated carbocycles. The van der Waals surface area contributed by atoms with Gasteiger partial charge in [-0.05, 0) is 160 Å². The second-order valence-electron chi connectivity index (χ2n) is 30.6. The standard InChI is InChI=1S/C77H110O24/c1-18-73(14,33-20-22-43(4)69(86)94-54-31-35-75(16)53(38-54)26-27-55-56(75)32-36-76(17)57(55)39-58-62(76)47(8)77(99-58)37-30-42(3)40-89-77)100-71-68(97-61(85)29-25-46(7)79)65(96-60(84)28-24-45(6)78)63(48(9)90-71)98-70(87)44(5)23-21-34-74(15,19-2)101-72-67(93-52(13)83)66(92-51(12)82)64(91-50(11)81)59(95-72)41-88-49(10)80/h18-19,22-23,26,42,47-48,54-59,62-68,71-72H,1-2,20-21,24-25,27-41H2,3-17H3/b43-22+,44-23+/t42-,47+,48-,54+,55-,56+,57+,58+,59-,62+,63-,64-,65+,66+,67-,68-,71+,72+,73+,74+,75+,76+,77-/m1/s1. The molecular formula is C77H110O24. The van der Waals surface area contributed by atoms with Crippen LogP contribution in [0.15, 0.2) is 60.3 Å². The average molecular weight is 1420 g/mol. The maximum atomic E-state index is 14.3. The van der Waals surface area contributed by atoms with Gasteiger partial charge in [0.15, 0.2) is 55.0 Å². The van der Waals surface area contributed by atoms with Crippen LogP contribution in [0.2, 0.25) is 0 Å². The summed E-state index contributed by atoms with van der Waals surface area (Å²) in [6.45, 7) is 33.0. The number of fused-ring (bicyclic) bond motifs is 7. The maximum absolute atomic E-state index is 14.3. The zero-order valence-electron chi connectivity index (χ0n) is 61.9. The van der Waals surface area contributed by atoms with Gasteiger partial charge in [-0.3, -0.25) is 28.8 Å². The highest BCUT2D eigenvalue weighted by Gasteiger charge is 2.69. The number of ketones is 2. The quantitative estimate of drug-likeness (QED) is 0.0291. The summed E-state index contributed by atoms with van der Waals surface area (Å²) < 4.78 is 85.6. The SMILES string of the molecule is C=C[C@@](C)(CC/C=C(\C)C(=O)O[C@H]1CC[C@@]2(C)C(=CC[C@H]3[C@@H]4C[C@@H]5O[C@]6(CC[C@@H](C)CO6)[C@@H](C)[C@@H]5[C@@]4(C)CC[C@@H]32)C1)O[C@@H]1O[C@H](C)[C@@H](OC(=O)/C(C)=C/CC[C@](C)(C=C)O[C@@H]2O[C@H](COC(C)=O)[C@@H](OC(C)=O)[C@H](OC(C)=O)[C@H]2OC(C)=O)[C@H](OC(=O)CCC(C)=O)[C@H]1OC(=O)CCC(C)=O. The van der Waals surface area contributed by atoms with Gasteiger partial charge in [0.25, 0.3) is 0 Å². The number of hydrogen-bond donors (Lipinski definition) is 0. The van der Waals surface area contributed by atoms with E-state index in [0.717, 1.165) is 72.8 Å². The molecule has 24 heteroatoms. The van der Waals surface area contributed by atoms with E-state index in [1.807, 2.05) is 0 Å². The first-order valence-corrected chi connectivity index (χ1v) is 36.2. The van der Waals surface area contributed by atoms with Crippen molar-refractivity contribution >= 4 is 59.3 Å². The van der Waals surface area contributed by atoms with Crippen LogP contribution in [0.25, 0.3) is 0 Å². The molecule has 1 spiro atoms. The summed E-state index contributed by atoms with van der Waals surface area (Å²) in [4.78, 5) is 129. The monoisotopic (exact) mass is 1420 g/mol. The maximum Gasteiger partial charge on any atom is 0.333 e. The highest BCUT2D eigenvalue weighted by molar-refractivity contribution is 5.88. The molecule has 562 valence electrons. The van der Waals surface area contributed by atoms with E-state index < -0.39 is 133 Å². The van der Waals surface area contributed by atoms with Crippen molar-refractivity contribution in [1.29, 1.82) is 0 Å². The molecular weight excluding hydrogens is 1310 g/mol. The number of ether oxygens (including phenoxy) is 14.